The summed E-state index contributed by atoms with van der Waals surface area (Å²) in [6.07, 6.45) is 5.43. The fourth-order valence-corrected chi connectivity index (χ4v) is 3.86. The lowest BCUT2D eigenvalue weighted by atomic mass is 9.82. The Morgan fingerprint density at radius 1 is 1.08 bits per heavy atom. The molecule has 7 nitrogen and oxygen atoms in total. The maximum atomic E-state index is 11.2. The minimum atomic E-state index is -3.10. The van der Waals surface area contributed by atoms with Crippen LogP contribution in [0.1, 0.15) is 25.7 Å². The van der Waals surface area contributed by atoms with Crippen LogP contribution in [0, 0.1) is 11.8 Å². The maximum absolute atomic E-state index is 11.2. The average Bonchev–Trinajstić information content (AvgIpc) is 2.58. The second kappa shape index (κ2) is 8.83. The van der Waals surface area contributed by atoms with Crippen LogP contribution < -0.4 is 15.8 Å². The molecule has 9 heteroatoms. The summed E-state index contributed by atoms with van der Waals surface area (Å²) in [6, 6.07) is 7.70. The molecule has 4 N–H and O–H groups in total. The highest BCUT2D eigenvalue weighted by Gasteiger charge is 2.22. The van der Waals surface area contributed by atoms with Crippen molar-refractivity contribution < 1.29 is 8.42 Å². The summed E-state index contributed by atoms with van der Waals surface area (Å²) >= 11 is 0. The van der Waals surface area contributed by atoms with Crippen LogP contribution in [0.15, 0.2) is 24.3 Å². The molecular formula is C17H26ClN5O2S. The Kier molecular flexibility index (Phi) is 7.02. The summed E-state index contributed by atoms with van der Waals surface area (Å²) in [6.45, 7) is 1.35. The van der Waals surface area contributed by atoms with Crippen molar-refractivity contribution in [2.45, 2.75) is 25.7 Å². The third-order valence-corrected chi connectivity index (χ3v) is 5.47. The number of hydrogen-bond acceptors (Lipinski definition) is 6. The summed E-state index contributed by atoms with van der Waals surface area (Å²) in [7, 11) is -3.10. The minimum Gasteiger partial charge on any atom is -0.383 e. The van der Waals surface area contributed by atoms with E-state index >= 15 is 0 Å². The molecule has 3 rings (SSSR count). The van der Waals surface area contributed by atoms with Gasteiger partial charge in [0.2, 0.25) is 16.0 Å². The predicted molar refractivity (Wildman–Crippen MR) is 108 cm³/mol. The van der Waals surface area contributed by atoms with Gasteiger partial charge in [0.1, 0.15) is 5.82 Å². The first-order valence-electron chi connectivity index (χ1n) is 8.61. The molecule has 1 aliphatic carbocycles. The van der Waals surface area contributed by atoms with Crippen LogP contribution >= 0.6 is 12.4 Å². The fourth-order valence-electron chi connectivity index (χ4n) is 3.32. The first kappa shape index (κ1) is 20.7. The highest BCUT2D eigenvalue weighted by atomic mass is 35.5. The van der Waals surface area contributed by atoms with E-state index in [9.17, 15) is 8.42 Å². The van der Waals surface area contributed by atoms with Crippen molar-refractivity contribution in [3.05, 3.63) is 24.3 Å². The Labute approximate surface area is 160 Å². The highest BCUT2D eigenvalue weighted by Crippen LogP contribution is 2.28. The number of rotatable bonds is 6. The van der Waals surface area contributed by atoms with E-state index in [1.54, 1.807) is 0 Å². The number of nitrogen functional groups attached to an aromatic ring is 1. The first-order valence-corrected chi connectivity index (χ1v) is 10.5. The topological polar surface area (TPSA) is 110 Å². The number of hydrogen-bond donors (Lipinski definition) is 3. The van der Waals surface area contributed by atoms with Crippen molar-refractivity contribution in [2.75, 3.05) is 30.4 Å². The largest absolute Gasteiger partial charge is 0.383 e. The van der Waals surface area contributed by atoms with Crippen molar-refractivity contribution in [2.24, 2.45) is 11.8 Å². The van der Waals surface area contributed by atoms with E-state index in [1.165, 1.54) is 6.26 Å². The molecular weight excluding hydrogens is 374 g/mol. The molecule has 2 aromatic rings. The van der Waals surface area contributed by atoms with E-state index in [2.05, 4.69) is 20.0 Å². The van der Waals surface area contributed by atoms with Gasteiger partial charge in [0.05, 0.1) is 11.8 Å². The molecule has 0 saturated heterocycles. The number of benzene rings is 1. The maximum Gasteiger partial charge on any atom is 0.225 e. The lowest BCUT2D eigenvalue weighted by Gasteiger charge is -2.28. The molecule has 1 aromatic heterocycles. The first-order chi connectivity index (χ1) is 11.9. The number of halogens is 1. The van der Waals surface area contributed by atoms with E-state index in [-0.39, 0.29) is 12.4 Å². The molecule has 0 bridgehead atoms. The van der Waals surface area contributed by atoms with Gasteiger partial charge in [-0.25, -0.2) is 18.1 Å². The number of nitrogens with one attached hydrogen (secondary N) is 2. The molecule has 1 aromatic carbocycles. The van der Waals surface area contributed by atoms with E-state index < -0.39 is 10.0 Å². The van der Waals surface area contributed by atoms with Crippen LogP contribution in [0.25, 0.3) is 10.9 Å². The van der Waals surface area contributed by atoms with Gasteiger partial charge in [0, 0.05) is 18.5 Å². The molecule has 0 spiro atoms. The number of sulfonamides is 1. The van der Waals surface area contributed by atoms with Crippen molar-refractivity contribution in [3.8, 4) is 0 Å². The van der Waals surface area contributed by atoms with Gasteiger partial charge >= 0.3 is 0 Å². The van der Waals surface area contributed by atoms with Crippen molar-refractivity contribution in [1.29, 1.82) is 0 Å². The molecule has 1 fully saturated rings. The summed E-state index contributed by atoms with van der Waals surface area (Å²) in [5.74, 6) is 2.03. The Morgan fingerprint density at radius 2 is 1.69 bits per heavy atom. The summed E-state index contributed by atoms with van der Waals surface area (Å²) in [5, 5.41) is 4.17. The zero-order valence-electron chi connectivity index (χ0n) is 14.8. The molecule has 0 unspecified atom stereocenters. The molecule has 1 aliphatic rings. The van der Waals surface area contributed by atoms with Crippen molar-refractivity contribution in [1.82, 2.24) is 14.7 Å². The van der Waals surface area contributed by atoms with Crippen molar-refractivity contribution in [3.63, 3.8) is 0 Å². The third kappa shape index (κ3) is 5.69. The molecule has 1 heterocycles. The van der Waals surface area contributed by atoms with Crippen molar-refractivity contribution >= 4 is 45.1 Å². The van der Waals surface area contributed by atoms with E-state index in [0.717, 1.165) is 43.1 Å². The zero-order chi connectivity index (χ0) is 17.9. The average molecular weight is 400 g/mol. The number of fused-ring (bicyclic) bond motifs is 1. The Morgan fingerprint density at radius 3 is 2.35 bits per heavy atom. The monoisotopic (exact) mass is 399 g/mol. The molecule has 0 atom stereocenters. The van der Waals surface area contributed by atoms with Crippen LogP contribution in [0.5, 0.6) is 0 Å². The van der Waals surface area contributed by atoms with Gasteiger partial charge in [-0.3, -0.25) is 0 Å². The number of aromatic nitrogens is 2. The quantitative estimate of drug-likeness (QED) is 0.687. The summed E-state index contributed by atoms with van der Waals surface area (Å²) < 4.78 is 25.0. The molecule has 0 amide bonds. The predicted octanol–water partition coefficient (Wildman–Crippen LogP) is 2.40. The normalized spacial score (nSPS) is 20.5. The van der Waals surface area contributed by atoms with E-state index in [1.807, 2.05) is 24.3 Å². The van der Waals surface area contributed by atoms with Gasteiger partial charge in [-0.2, -0.15) is 4.98 Å². The Bertz CT molecular complexity index is 838. The van der Waals surface area contributed by atoms with Crippen LogP contribution in [0.3, 0.4) is 0 Å². The molecule has 144 valence electrons. The SMILES string of the molecule is CS(=O)(=O)NCC1CCC(CNc2nc(N)c3ccccc3n2)CC1.Cl. The lowest BCUT2D eigenvalue weighted by Crippen LogP contribution is -2.31. The number of para-hydroxylation sites is 1. The number of anilines is 2. The van der Waals surface area contributed by atoms with Gasteiger partial charge in [0.15, 0.2) is 0 Å². The van der Waals surface area contributed by atoms with Crippen LogP contribution in [0.2, 0.25) is 0 Å². The van der Waals surface area contributed by atoms with Gasteiger partial charge in [0.25, 0.3) is 0 Å². The van der Waals surface area contributed by atoms with Gasteiger partial charge in [-0.15, -0.1) is 12.4 Å². The molecule has 0 radical (unpaired) electrons. The fraction of sp³-hybridized carbons (Fsp3) is 0.529. The smallest absolute Gasteiger partial charge is 0.225 e. The molecule has 1 saturated carbocycles. The lowest BCUT2D eigenvalue weighted by molar-refractivity contribution is 0.284. The summed E-state index contributed by atoms with van der Waals surface area (Å²) in [4.78, 5) is 8.85. The number of nitrogens with zero attached hydrogens (tertiary/aromatic N) is 2. The van der Waals surface area contributed by atoms with Gasteiger partial charge in [-0.05, 0) is 49.7 Å². The summed E-state index contributed by atoms with van der Waals surface area (Å²) in [5.41, 5.74) is 6.85. The van der Waals surface area contributed by atoms with Gasteiger partial charge in [-0.1, -0.05) is 12.1 Å². The van der Waals surface area contributed by atoms with Crippen LogP contribution in [-0.4, -0.2) is 37.7 Å². The Hall–Kier alpha value is -1.64. The molecule has 26 heavy (non-hydrogen) atoms. The Balaban J connectivity index is 0.00000243. The van der Waals surface area contributed by atoms with Gasteiger partial charge < -0.3 is 11.1 Å². The van der Waals surface area contributed by atoms with Crippen LogP contribution in [0.4, 0.5) is 11.8 Å². The minimum absolute atomic E-state index is 0. The second-order valence-electron chi connectivity index (χ2n) is 6.84. The zero-order valence-corrected chi connectivity index (χ0v) is 16.4. The second-order valence-corrected chi connectivity index (χ2v) is 8.67. The standard InChI is InChI=1S/C17H25N5O2S.ClH/c1-25(23,24)20-11-13-8-6-12(7-9-13)10-19-17-21-15-5-3-2-4-14(15)16(18)22-17;/h2-5,12-13,20H,6-11H2,1H3,(H3,18,19,21,22);1H. The van der Waals surface area contributed by atoms with E-state index in [0.29, 0.717) is 30.1 Å². The molecule has 0 aliphatic heterocycles. The van der Waals surface area contributed by atoms with E-state index in [4.69, 9.17) is 5.73 Å². The third-order valence-electron chi connectivity index (χ3n) is 4.78. The number of nitrogens with two attached hydrogens (primary N) is 1. The highest BCUT2D eigenvalue weighted by molar-refractivity contribution is 7.88. The van der Waals surface area contributed by atoms with Crippen LogP contribution in [-0.2, 0) is 10.0 Å².